The minimum absolute atomic E-state index is 0.609. The Bertz CT molecular complexity index is 1340. The predicted molar refractivity (Wildman–Crippen MR) is 159 cm³/mol. The van der Waals surface area contributed by atoms with Crippen LogP contribution in [0.25, 0.3) is 0 Å². The average molecular weight is 509 g/mol. The monoisotopic (exact) mass is 509 g/mol. The van der Waals surface area contributed by atoms with Crippen molar-refractivity contribution in [2.45, 2.75) is 17.7 Å². The molecule has 192 valence electrons. The number of hydrogen-bond acceptors (Lipinski definition) is 3. The molecule has 5 aromatic carbocycles. The SMILES string of the molecule is CN(C)Cc1ccccc1B1OC(c2ccccc2)(c2ccccc2)C(c2ccccc2)(c2ccccc2)O1. The van der Waals surface area contributed by atoms with Crippen molar-refractivity contribution in [1.29, 1.82) is 0 Å². The van der Waals surface area contributed by atoms with Gasteiger partial charge in [0.2, 0.25) is 0 Å². The van der Waals surface area contributed by atoms with Crippen LogP contribution in [0, 0.1) is 0 Å². The van der Waals surface area contributed by atoms with Gasteiger partial charge in [0.05, 0.1) is 0 Å². The Hall–Kier alpha value is -3.96. The summed E-state index contributed by atoms with van der Waals surface area (Å²) in [5.74, 6) is 0. The summed E-state index contributed by atoms with van der Waals surface area (Å²) in [5.41, 5.74) is 4.42. The van der Waals surface area contributed by atoms with E-state index in [0.29, 0.717) is 0 Å². The average Bonchev–Trinajstić information content (AvgIpc) is 3.37. The molecule has 0 saturated carbocycles. The summed E-state index contributed by atoms with van der Waals surface area (Å²) in [6.45, 7) is 0.784. The molecule has 1 saturated heterocycles. The molecule has 3 nitrogen and oxygen atoms in total. The summed E-state index contributed by atoms with van der Waals surface area (Å²) in [7, 11) is 3.56. The number of nitrogens with zero attached hydrogens (tertiary/aromatic N) is 1. The van der Waals surface area contributed by atoms with Gasteiger partial charge in [0.25, 0.3) is 0 Å². The first-order valence-electron chi connectivity index (χ1n) is 13.5. The van der Waals surface area contributed by atoms with Gasteiger partial charge in [-0.3, -0.25) is 0 Å². The summed E-state index contributed by atoms with van der Waals surface area (Å²) in [5, 5.41) is 0. The van der Waals surface area contributed by atoms with Crippen molar-refractivity contribution >= 4 is 12.6 Å². The van der Waals surface area contributed by atoms with Gasteiger partial charge in [-0.05, 0) is 47.4 Å². The Morgan fingerprint density at radius 1 is 0.487 bits per heavy atom. The zero-order chi connectivity index (χ0) is 26.7. The lowest BCUT2D eigenvalue weighted by Crippen LogP contribution is -2.48. The highest BCUT2D eigenvalue weighted by Crippen LogP contribution is 2.58. The Morgan fingerprint density at radius 3 is 1.18 bits per heavy atom. The molecule has 5 aromatic rings. The van der Waals surface area contributed by atoms with E-state index in [1.807, 2.05) is 0 Å². The van der Waals surface area contributed by atoms with Gasteiger partial charge in [0.1, 0.15) is 11.2 Å². The van der Waals surface area contributed by atoms with Crippen LogP contribution in [0.15, 0.2) is 146 Å². The molecule has 0 aromatic heterocycles. The van der Waals surface area contributed by atoms with Crippen molar-refractivity contribution in [2.75, 3.05) is 14.1 Å². The van der Waals surface area contributed by atoms with E-state index in [9.17, 15) is 0 Å². The molecular formula is C35H32BNO2. The number of benzene rings is 5. The van der Waals surface area contributed by atoms with Gasteiger partial charge in [0.15, 0.2) is 0 Å². The van der Waals surface area contributed by atoms with E-state index in [0.717, 1.165) is 34.3 Å². The first-order chi connectivity index (χ1) is 19.1. The Morgan fingerprint density at radius 2 is 0.821 bits per heavy atom. The van der Waals surface area contributed by atoms with Crippen molar-refractivity contribution in [3.8, 4) is 0 Å². The van der Waals surface area contributed by atoms with E-state index in [1.54, 1.807) is 0 Å². The van der Waals surface area contributed by atoms with Gasteiger partial charge >= 0.3 is 7.12 Å². The van der Waals surface area contributed by atoms with Crippen molar-refractivity contribution < 1.29 is 9.31 Å². The standard InChI is InChI=1S/C35H32BNO2/c1-37(2)27-28-17-15-16-26-33(28)36-38-34(29-18-7-3-8-19-29,30-20-9-4-10-21-30)35(39-36,31-22-11-5-12-23-31)32-24-13-6-14-25-32/h3-26H,27H2,1-2H3. The molecule has 1 aliphatic heterocycles. The third-order valence-corrected chi connectivity index (χ3v) is 7.58. The van der Waals surface area contributed by atoms with Gasteiger partial charge in [-0.1, -0.05) is 146 Å². The molecular weight excluding hydrogens is 477 g/mol. The maximum absolute atomic E-state index is 7.41. The van der Waals surface area contributed by atoms with E-state index >= 15 is 0 Å². The maximum atomic E-state index is 7.41. The second kappa shape index (κ2) is 10.7. The number of hydrogen-bond donors (Lipinski definition) is 0. The molecule has 1 aliphatic rings. The molecule has 6 rings (SSSR count). The summed E-state index contributed by atoms with van der Waals surface area (Å²) in [4.78, 5) is 2.18. The van der Waals surface area contributed by atoms with E-state index in [2.05, 4.69) is 165 Å². The highest BCUT2D eigenvalue weighted by molar-refractivity contribution is 6.62. The van der Waals surface area contributed by atoms with E-state index in [1.165, 1.54) is 5.56 Å². The van der Waals surface area contributed by atoms with Crippen LogP contribution in [0.1, 0.15) is 27.8 Å². The minimum Gasteiger partial charge on any atom is -0.390 e. The fourth-order valence-corrected chi connectivity index (χ4v) is 6.00. The molecule has 0 N–H and O–H groups in total. The predicted octanol–water partition coefficient (Wildman–Crippen LogP) is 6.38. The quantitative estimate of drug-likeness (QED) is 0.238. The van der Waals surface area contributed by atoms with Crippen molar-refractivity contribution in [2.24, 2.45) is 0 Å². The molecule has 1 heterocycles. The largest absolute Gasteiger partial charge is 0.496 e. The lowest BCUT2D eigenvalue weighted by Gasteiger charge is -2.46. The Kier molecular flexibility index (Phi) is 6.93. The summed E-state index contributed by atoms with van der Waals surface area (Å²) >= 11 is 0. The van der Waals surface area contributed by atoms with Crippen molar-refractivity contribution in [3.63, 3.8) is 0 Å². The van der Waals surface area contributed by atoms with Crippen LogP contribution in [0.5, 0.6) is 0 Å². The van der Waals surface area contributed by atoms with Crippen LogP contribution in [-0.4, -0.2) is 26.1 Å². The van der Waals surface area contributed by atoms with Gasteiger partial charge in [-0.25, -0.2) is 0 Å². The molecule has 0 amide bonds. The van der Waals surface area contributed by atoms with Crippen LogP contribution in [-0.2, 0) is 27.1 Å². The lowest BCUT2D eigenvalue weighted by molar-refractivity contribution is 0.00370. The Balaban J connectivity index is 1.71. The first-order valence-corrected chi connectivity index (χ1v) is 13.5. The molecule has 0 radical (unpaired) electrons. The van der Waals surface area contributed by atoms with Crippen LogP contribution in [0.2, 0.25) is 0 Å². The van der Waals surface area contributed by atoms with Crippen LogP contribution >= 0.6 is 0 Å². The third-order valence-electron chi connectivity index (χ3n) is 7.58. The number of rotatable bonds is 7. The van der Waals surface area contributed by atoms with Crippen LogP contribution in [0.3, 0.4) is 0 Å². The zero-order valence-electron chi connectivity index (χ0n) is 22.4. The van der Waals surface area contributed by atoms with E-state index in [-0.39, 0.29) is 0 Å². The lowest BCUT2D eigenvalue weighted by atomic mass is 9.66. The van der Waals surface area contributed by atoms with Crippen LogP contribution < -0.4 is 5.46 Å². The van der Waals surface area contributed by atoms with E-state index < -0.39 is 18.3 Å². The minimum atomic E-state index is -0.978. The van der Waals surface area contributed by atoms with Crippen molar-refractivity contribution in [3.05, 3.63) is 173 Å². The Labute approximate surface area is 231 Å². The van der Waals surface area contributed by atoms with Gasteiger partial charge in [-0.2, -0.15) is 0 Å². The summed E-state index contributed by atoms with van der Waals surface area (Å²) < 4.78 is 14.8. The first kappa shape index (κ1) is 25.3. The molecule has 0 unspecified atom stereocenters. The maximum Gasteiger partial charge on any atom is 0.496 e. The van der Waals surface area contributed by atoms with Gasteiger partial charge < -0.3 is 14.2 Å². The summed E-state index contributed by atoms with van der Waals surface area (Å²) in [6, 6.07) is 50.6. The molecule has 4 heteroatoms. The zero-order valence-corrected chi connectivity index (χ0v) is 22.4. The van der Waals surface area contributed by atoms with Crippen molar-refractivity contribution in [1.82, 2.24) is 4.90 Å². The normalized spacial score (nSPS) is 15.9. The van der Waals surface area contributed by atoms with E-state index in [4.69, 9.17) is 9.31 Å². The molecule has 1 fully saturated rings. The molecule has 0 bridgehead atoms. The summed E-state index contributed by atoms with van der Waals surface area (Å²) in [6.07, 6.45) is 0. The second-order valence-corrected chi connectivity index (χ2v) is 10.3. The highest BCUT2D eigenvalue weighted by Gasteiger charge is 2.66. The fourth-order valence-electron chi connectivity index (χ4n) is 6.00. The fraction of sp³-hybridized carbons (Fsp3) is 0.143. The highest BCUT2D eigenvalue weighted by atomic mass is 16.7. The van der Waals surface area contributed by atoms with Gasteiger partial charge in [0, 0.05) is 6.54 Å². The molecule has 0 atom stereocenters. The van der Waals surface area contributed by atoms with Gasteiger partial charge in [-0.15, -0.1) is 0 Å². The smallest absolute Gasteiger partial charge is 0.390 e. The van der Waals surface area contributed by atoms with Crippen LogP contribution in [0.4, 0.5) is 0 Å². The topological polar surface area (TPSA) is 21.7 Å². The third kappa shape index (κ3) is 4.31. The molecule has 0 aliphatic carbocycles. The second-order valence-electron chi connectivity index (χ2n) is 10.3. The molecule has 0 spiro atoms. The molecule has 39 heavy (non-hydrogen) atoms.